The zero-order valence-corrected chi connectivity index (χ0v) is 15.7. The topological polar surface area (TPSA) is 63.2 Å². The third kappa shape index (κ3) is 5.21. The molecule has 0 atom stereocenters. The monoisotopic (exact) mass is 381 g/mol. The van der Waals surface area contributed by atoms with Gasteiger partial charge in [-0.1, -0.05) is 35.9 Å². The van der Waals surface area contributed by atoms with Crippen molar-refractivity contribution in [1.82, 2.24) is 4.98 Å². The summed E-state index contributed by atoms with van der Waals surface area (Å²) in [4.78, 5) is 16.5. The molecule has 27 heavy (non-hydrogen) atoms. The van der Waals surface area contributed by atoms with Gasteiger partial charge in [0, 0.05) is 17.1 Å². The lowest BCUT2D eigenvalue weighted by atomic mass is 10.1. The van der Waals surface area contributed by atoms with Crippen LogP contribution in [0.3, 0.4) is 0 Å². The van der Waals surface area contributed by atoms with E-state index in [-0.39, 0.29) is 5.91 Å². The number of benzene rings is 2. The van der Waals surface area contributed by atoms with Gasteiger partial charge in [-0.25, -0.2) is 4.98 Å². The summed E-state index contributed by atoms with van der Waals surface area (Å²) in [6.07, 6.45) is 2.52. The van der Waals surface area contributed by atoms with Gasteiger partial charge in [0.15, 0.2) is 0 Å². The number of methoxy groups -OCH3 is 1. The van der Waals surface area contributed by atoms with Gasteiger partial charge in [0.2, 0.25) is 0 Å². The molecule has 0 spiro atoms. The molecule has 0 fully saturated rings. The number of pyridine rings is 1. The molecule has 1 amide bonds. The lowest BCUT2D eigenvalue weighted by Gasteiger charge is -2.10. The maximum Gasteiger partial charge on any atom is 0.256 e. The van der Waals surface area contributed by atoms with Crippen molar-refractivity contribution < 1.29 is 9.53 Å². The third-order valence-electron chi connectivity index (χ3n) is 4.01. The molecule has 1 aromatic heterocycles. The highest BCUT2D eigenvalue weighted by Crippen LogP contribution is 2.18. The summed E-state index contributed by atoms with van der Waals surface area (Å²) in [7, 11) is 1.67. The average molecular weight is 382 g/mol. The summed E-state index contributed by atoms with van der Waals surface area (Å²) in [6, 6.07) is 18.4. The minimum Gasteiger partial charge on any atom is -0.496 e. The van der Waals surface area contributed by atoms with E-state index in [1.165, 1.54) is 0 Å². The quantitative estimate of drug-likeness (QED) is 0.625. The largest absolute Gasteiger partial charge is 0.496 e. The Morgan fingerprint density at radius 2 is 1.96 bits per heavy atom. The van der Waals surface area contributed by atoms with Gasteiger partial charge < -0.3 is 15.4 Å². The van der Waals surface area contributed by atoms with Crippen molar-refractivity contribution in [2.75, 3.05) is 24.3 Å². The van der Waals surface area contributed by atoms with E-state index in [4.69, 9.17) is 16.3 Å². The van der Waals surface area contributed by atoms with Crippen LogP contribution in [0.4, 0.5) is 11.5 Å². The van der Waals surface area contributed by atoms with E-state index in [9.17, 15) is 4.79 Å². The first-order valence-corrected chi connectivity index (χ1v) is 8.92. The maximum absolute atomic E-state index is 12.2. The predicted octanol–water partition coefficient (Wildman–Crippen LogP) is 4.65. The normalized spacial score (nSPS) is 10.3. The zero-order valence-electron chi connectivity index (χ0n) is 14.9. The molecule has 0 aliphatic heterocycles. The Bertz CT molecular complexity index is 913. The first kappa shape index (κ1) is 18.7. The standard InChI is InChI=1S/C21H20ClN3O2/c1-27-19-8-3-2-5-15(19)11-12-23-18-9-10-20(24-14-18)25-21(26)16-6-4-7-17(22)13-16/h2-10,13-14,23H,11-12H2,1H3,(H,24,25,26). The number of carbonyl (C=O) groups is 1. The van der Waals surface area contributed by atoms with Crippen molar-refractivity contribution in [2.45, 2.75) is 6.42 Å². The van der Waals surface area contributed by atoms with Crippen molar-refractivity contribution >= 4 is 29.0 Å². The fourth-order valence-electron chi connectivity index (χ4n) is 2.64. The first-order chi connectivity index (χ1) is 13.2. The van der Waals surface area contributed by atoms with Crippen LogP contribution in [0.25, 0.3) is 0 Å². The summed E-state index contributed by atoms with van der Waals surface area (Å²) < 4.78 is 5.36. The lowest BCUT2D eigenvalue weighted by Crippen LogP contribution is -2.13. The molecule has 0 saturated heterocycles. The minimum absolute atomic E-state index is 0.248. The predicted molar refractivity (Wildman–Crippen MR) is 109 cm³/mol. The van der Waals surface area contributed by atoms with E-state index >= 15 is 0 Å². The van der Waals surface area contributed by atoms with Crippen LogP contribution in [0.2, 0.25) is 5.02 Å². The van der Waals surface area contributed by atoms with Gasteiger partial charge >= 0.3 is 0 Å². The number of hydrogen-bond donors (Lipinski definition) is 2. The molecule has 0 aliphatic carbocycles. The van der Waals surface area contributed by atoms with Crippen LogP contribution in [0.15, 0.2) is 66.9 Å². The Labute approximate surface area is 163 Å². The number of nitrogens with one attached hydrogen (secondary N) is 2. The second-order valence-electron chi connectivity index (χ2n) is 5.89. The van der Waals surface area contributed by atoms with Crippen LogP contribution < -0.4 is 15.4 Å². The molecular formula is C21H20ClN3O2. The molecule has 3 aromatic rings. The third-order valence-corrected chi connectivity index (χ3v) is 4.24. The highest BCUT2D eigenvalue weighted by atomic mass is 35.5. The average Bonchev–Trinajstić information content (AvgIpc) is 2.69. The van der Waals surface area contributed by atoms with E-state index in [0.717, 1.165) is 30.0 Å². The van der Waals surface area contributed by atoms with Crippen LogP contribution in [0, 0.1) is 0 Å². The van der Waals surface area contributed by atoms with Gasteiger partial charge in [-0.15, -0.1) is 0 Å². The van der Waals surface area contributed by atoms with Crippen molar-refractivity contribution in [2.24, 2.45) is 0 Å². The molecule has 1 heterocycles. The number of amides is 1. The molecule has 138 valence electrons. The Kier molecular flexibility index (Phi) is 6.28. The van der Waals surface area contributed by atoms with E-state index in [2.05, 4.69) is 15.6 Å². The molecule has 0 saturated carbocycles. The number of halogens is 1. The maximum atomic E-state index is 12.2. The number of para-hydroxylation sites is 1. The molecule has 5 nitrogen and oxygen atoms in total. The van der Waals surface area contributed by atoms with E-state index in [1.54, 1.807) is 43.6 Å². The van der Waals surface area contributed by atoms with E-state index in [1.807, 2.05) is 30.3 Å². The van der Waals surface area contributed by atoms with Crippen molar-refractivity contribution in [1.29, 1.82) is 0 Å². The van der Waals surface area contributed by atoms with Crippen molar-refractivity contribution in [3.8, 4) is 5.75 Å². The molecule has 0 radical (unpaired) electrons. The molecule has 0 bridgehead atoms. The second kappa shape index (κ2) is 9.05. The molecule has 6 heteroatoms. The number of rotatable bonds is 7. The van der Waals surface area contributed by atoms with Gasteiger partial charge in [0.1, 0.15) is 11.6 Å². The van der Waals surface area contributed by atoms with Gasteiger partial charge in [-0.2, -0.15) is 0 Å². The van der Waals surface area contributed by atoms with Crippen LogP contribution in [-0.4, -0.2) is 24.5 Å². The van der Waals surface area contributed by atoms with Gasteiger partial charge in [0.05, 0.1) is 19.0 Å². The first-order valence-electron chi connectivity index (χ1n) is 8.54. The molecular weight excluding hydrogens is 362 g/mol. The lowest BCUT2D eigenvalue weighted by molar-refractivity contribution is 0.102. The van der Waals surface area contributed by atoms with Crippen LogP contribution in [0.1, 0.15) is 15.9 Å². The van der Waals surface area contributed by atoms with E-state index in [0.29, 0.717) is 16.4 Å². The van der Waals surface area contributed by atoms with Gasteiger partial charge in [0.25, 0.3) is 5.91 Å². The van der Waals surface area contributed by atoms with Crippen LogP contribution >= 0.6 is 11.6 Å². The number of nitrogens with zero attached hydrogens (tertiary/aromatic N) is 1. The second-order valence-corrected chi connectivity index (χ2v) is 6.32. The summed E-state index contributed by atoms with van der Waals surface area (Å²) >= 11 is 5.91. The summed E-state index contributed by atoms with van der Waals surface area (Å²) in [5.41, 5.74) is 2.51. The molecule has 0 aliphatic rings. The number of ether oxygens (including phenoxy) is 1. The van der Waals surface area contributed by atoms with Gasteiger partial charge in [-0.3, -0.25) is 4.79 Å². The van der Waals surface area contributed by atoms with Crippen LogP contribution in [-0.2, 0) is 6.42 Å². The van der Waals surface area contributed by atoms with Crippen molar-refractivity contribution in [3.63, 3.8) is 0 Å². The Morgan fingerprint density at radius 1 is 1.11 bits per heavy atom. The summed E-state index contributed by atoms with van der Waals surface area (Å²) in [5.74, 6) is 1.12. The fourth-order valence-corrected chi connectivity index (χ4v) is 2.83. The summed E-state index contributed by atoms with van der Waals surface area (Å²) in [5, 5.41) is 6.59. The number of hydrogen-bond acceptors (Lipinski definition) is 4. The Hall–Kier alpha value is -3.05. The Balaban J connectivity index is 1.53. The SMILES string of the molecule is COc1ccccc1CCNc1ccc(NC(=O)c2cccc(Cl)c2)nc1. The number of aromatic nitrogens is 1. The highest BCUT2D eigenvalue weighted by molar-refractivity contribution is 6.31. The minimum atomic E-state index is -0.248. The fraction of sp³-hybridized carbons (Fsp3) is 0.143. The van der Waals surface area contributed by atoms with Crippen LogP contribution in [0.5, 0.6) is 5.75 Å². The van der Waals surface area contributed by atoms with E-state index < -0.39 is 0 Å². The number of carbonyl (C=O) groups excluding carboxylic acids is 1. The molecule has 0 unspecified atom stereocenters. The summed E-state index contributed by atoms with van der Waals surface area (Å²) in [6.45, 7) is 0.746. The molecule has 2 aromatic carbocycles. The van der Waals surface area contributed by atoms with Gasteiger partial charge in [-0.05, 0) is 48.4 Å². The molecule has 3 rings (SSSR count). The molecule has 2 N–H and O–H groups in total. The smallest absolute Gasteiger partial charge is 0.256 e. The van der Waals surface area contributed by atoms with Crippen molar-refractivity contribution in [3.05, 3.63) is 83.0 Å². The Morgan fingerprint density at radius 3 is 2.70 bits per heavy atom. The highest BCUT2D eigenvalue weighted by Gasteiger charge is 2.07. The number of anilines is 2. The zero-order chi connectivity index (χ0) is 19.1.